The van der Waals surface area contributed by atoms with Crippen LogP contribution < -0.4 is 5.32 Å². The van der Waals surface area contributed by atoms with Gasteiger partial charge in [-0.3, -0.25) is 4.99 Å². The average molecular weight is 265 g/mol. The lowest BCUT2D eigenvalue weighted by Gasteiger charge is -2.39. The number of aliphatic imine (C=N–C) groups is 1. The summed E-state index contributed by atoms with van der Waals surface area (Å²) in [4.78, 5) is 7.07. The van der Waals surface area contributed by atoms with Crippen LogP contribution in [0.2, 0.25) is 0 Å². The number of nitrogens with zero attached hydrogens (tertiary/aromatic N) is 2. The Bertz CT molecular complexity index is 273. The first-order valence-electron chi connectivity index (χ1n) is 8.31. The van der Waals surface area contributed by atoms with Crippen molar-refractivity contribution in [2.24, 2.45) is 10.9 Å². The Kier molecular flexibility index (Phi) is 6.32. The van der Waals surface area contributed by atoms with E-state index in [2.05, 4.69) is 35.3 Å². The number of hydrogen-bond acceptors (Lipinski definition) is 3. The molecule has 0 spiro atoms. The molecule has 110 valence electrons. The molecule has 1 aliphatic heterocycles. The van der Waals surface area contributed by atoms with Crippen molar-refractivity contribution < 1.29 is 0 Å². The molecule has 3 unspecified atom stereocenters. The number of hydrogen-bond donors (Lipinski definition) is 1. The van der Waals surface area contributed by atoms with Crippen molar-refractivity contribution in [2.45, 2.75) is 64.5 Å². The van der Waals surface area contributed by atoms with Crippen LogP contribution in [0.15, 0.2) is 4.99 Å². The molecule has 0 amide bonds. The Morgan fingerprint density at radius 1 is 1.11 bits per heavy atom. The van der Waals surface area contributed by atoms with Crippen LogP contribution in [0.5, 0.6) is 0 Å². The molecule has 0 aromatic heterocycles. The van der Waals surface area contributed by atoms with Gasteiger partial charge in [-0.25, -0.2) is 0 Å². The van der Waals surface area contributed by atoms with Crippen LogP contribution in [-0.4, -0.2) is 49.4 Å². The Hall–Kier alpha value is -0.410. The van der Waals surface area contributed by atoms with Crippen molar-refractivity contribution in [2.75, 3.05) is 26.2 Å². The van der Waals surface area contributed by atoms with Gasteiger partial charge < -0.3 is 10.2 Å². The minimum absolute atomic E-state index is 0.538. The molecule has 2 fully saturated rings. The molecule has 1 N–H and O–H groups in total. The fourth-order valence-electron chi connectivity index (χ4n) is 3.58. The summed E-state index contributed by atoms with van der Waals surface area (Å²) in [6, 6.07) is 1.32. The number of nitrogens with one attached hydrogen (secondary N) is 1. The minimum atomic E-state index is 0.538. The molecule has 1 aliphatic carbocycles. The van der Waals surface area contributed by atoms with E-state index < -0.39 is 0 Å². The summed E-state index contributed by atoms with van der Waals surface area (Å²) in [6.07, 6.45) is 10.6. The maximum Gasteiger partial charge on any atom is 0.0513 e. The molecule has 0 bridgehead atoms. The first-order chi connectivity index (χ1) is 9.33. The zero-order chi connectivity index (χ0) is 13.5. The molecule has 0 aromatic carbocycles. The second-order valence-electron chi connectivity index (χ2n) is 6.08. The highest BCUT2D eigenvalue weighted by Crippen LogP contribution is 2.31. The summed E-state index contributed by atoms with van der Waals surface area (Å²) in [5.74, 6) is 0.953. The summed E-state index contributed by atoms with van der Waals surface area (Å²) in [7, 11) is 0. The highest BCUT2D eigenvalue weighted by atomic mass is 15.1. The van der Waals surface area contributed by atoms with Crippen LogP contribution in [0.3, 0.4) is 0 Å². The largest absolute Gasteiger partial charge is 0.306 e. The van der Waals surface area contributed by atoms with Gasteiger partial charge in [0.2, 0.25) is 0 Å². The van der Waals surface area contributed by atoms with Crippen LogP contribution in [-0.2, 0) is 0 Å². The number of rotatable bonds is 6. The third kappa shape index (κ3) is 4.57. The van der Waals surface area contributed by atoms with Crippen LogP contribution in [0.25, 0.3) is 0 Å². The fraction of sp³-hybridized carbons (Fsp3) is 0.938. The zero-order valence-corrected chi connectivity index (χ0v) is 12.8. The van der Waals surface area contributed by atoms with Gasteiger partial charge in [0.05, 0.1) is 6.54 Å². The van der Waals surface area contributed by atoms with E-state index in [-0.39, 0.29) is 0 Å². The maximum absolute atomic E-state index is 4.64. The third-order valence-electron chi connectivity index (χ3n) is 4.91. The first kappa shape index (κ1) is 15.0. The van der Waals surface area contributed by atoms with Crippen molar-refractivity contribution >= 4 is 6.21 Å². The topological polar surface area (TPSA) is 27.6 Å². The van der Waals surface area contributed by atoms with Gasteiger partial charge in [0.1, 0.15) is 0 Å². The Morgan fingerprint density at radius 3 is 2.68 bits per heavy atom. The Labute approximate surface area is 118 Å². The molecule has 1 saturated heterocycles. The number of piperidine rings is 1. The first-order valence-corrected chi connectivity index (χ1v) is 8.31. The van der Waals surface area contributed by atoms with E-state index in [1.54, 1.807) is 0 Å². The van der Waals surface area contributed by atoms with Gasteiger partial charge in [0.15, 0.2) is 0 Å². The van der Waals surface area contributed by atoms with E-state index in [1.807, 2.05) is 0 Å². The lowest BCUT2D eigenvalue weighted by atomic mass is 9.78. The molecule has 19 heavy (non-hydrogen) atoms. The summed E-state index contributed by atoms with van der Waals surface area (Å²) < 4.78 is 0. The Morgan fingerprint density at radius 2 is 1.89 bits per heavy atom. The minimum Gasteiger partial charge on any atom is -0.306 e. The third-order valence-corrected chi connectivity index (χ3v) is 4.91. The molecule has 3 heteroatoms. The van der Waals surface area contributed by atoms with E-state index in [0.29, 0.717) is 6.04 Å². The van der Waals surface area contributed by atoms with E-state index in [1.165, 1.54) is 38.5 Å². The highest BCUT2D eigenvalue weighted by molar-refractivity contribution is 5.64. The van der Waals surface area contributed by atoms with Gasteiger partial charge in [-0.05, 0) is 44.7 Å². The van der Waals surface area contributed by atoms with Crippen molar-refractivity contribution in [3.05, 3.63) is 0 Å². The second kappa shape index (κ2) is 8.01. The predicted octanol–water partition coefficient (Wildman–Crippen LogP) is 2.71. The molecule has 2 aliphatic rings. The average Bonchev–Trinajstić information content (AvgIpc) is 2.47. The van der Waals surface area contributed by atoms with Gasteiger partial charge in [0.25, 0.3) is 0 Å². The lowest BCUT2D eigenvalue weighted by Crippen LogP contribution is -2.49. The molecule has 1 saturated carbocycles. The lowest BCUT2D eigenvalue weighted by molar-refractivity contribution is 0.198. The monoisotopic (exact) mass is 265 g/mol. The molecule has 1 heterocycles. The number of fused-ring (bicyclic) bond motifs is 1. The van der Waals surface area contributed by atoms with Crippen molar-refractivity contribution in [3.8, 4) is 0 Å². The van der Waals surface area contributed by atoms with E-state index >= 15 is 0 Å². The SMILES string of the molecule is CCN(CC)CCN=CC1CCC2CCCCC2N1. The van der Waals surface area contributed by atoms with Gasteiger partial charge in [0, 0.05) is 24.8 Å². The van der Waals surface area contributed by atoms with Gasteiger partial charge >= 0.3 is 0 Å². The summed E-state index contributed by atoms with van der Waals surface area (Å²) >= 11 is 0. The molecular weight excluding hydrogens is 234 g/mol. The van der Waals surface area contributed by atoms with Gasteiger partial charge in [-0.15, -0.1) is 0 Å². The molecule has 3 nitrogen and oxygen atoms in total. The molecule has 3 atom stereocenters. The van der Waals surface area contributed by atoms with Gasteiger partial charge in [-0.1, -0.05) is 26.7 Å². The predicted molar refractivity (Wildman–Crippen MR) is 83.1 cm³/mol. The van der Waals surface area contributed by atoms with E-state index in [0.717, 1.165) is 38.1 Å². The molecule has 0 radical (unpaired) electrons. The van der Waals surface area contributed by atoms with Crippen LogP contribution in [0.1, 0.15) is 52.4 Å². The van der Waals surface area contributed by atoms with Crippen LogP contribution >= 0.6 is 0 Å². The normalized spacial score (nSPS) is 31.8. The van der Waals surface area contributed by atoms with E-state index in [9.17, 15) is 0 Å². The summed E-state index contributed by atoms with van der Waals surface area (Å²) in [6.45, 7) is 8.77. The second-order valence-corrected chi connectivity index (χ2v) is 6.08. The number of likely N-dealkylation sites (N-methyl/N-ethyl adjacent to an activating group) is 1. The molecule has 2 rings (SSSR count). The zero-order valence-electron chi connectivity index (χ0n) is 12.8. The van der Waals surface area contributed by atoms with Gasteiger partial charge in [-0.2, -0.15) is 0 Å². The molecule has 0 aromatic rings. The van der Waals surface area contributed by atoms with E-state index in [4.69, 9.17) is 0 Å². The van der Waals surface area contributed by atoms with Crippen molar-refractivity contribution in [1.29, 1.82) is 0 Å². The smallest absolute Gasteiger partial charge is 0.0513 e. The maximum atomic E-state index is 4.64. The highest BCUT2D eigenvalue weighted by Gasteiger charge is 2.30. The Balaban J connectivity index is 1.68. The summed E-state index contributed by atoms with van der Waals surface area (Å²) in [5, 5.41) is 3.81. The van der Waals surface area contributed by atoms with Crippen LogP contribution in [0, 0.1) is 5.92 Å². The van der Waals surface area contributed by atoms with Crippen molar-refractivity contribution in [3.63, 3.8) is 0 Å². The van der Waals surface area contributed by atoms with Crippen molar-refractivity contribution in [1.82, 2.24) is 10.2 Å². The standard InChI is InChI=1S/C16H31N3/c1-3-19(4-2)12-11-17-13-15-10-9-14-7-5-6-8-16(14)18-15/h13-16,18H,3-12H2,1-2H3. The summed E-state index contributed by atoms with van der Waals surface area (Å²) in [5.41, 5.74) is 0. The molecular formula is C16H31N3. The van der Waals surface area contributed by atoms with Crippen LogP contribution in [0.4, 0.5) is 0 Å². The fourth-order valence-corrected chi connectivity index (χ4v) is 3.58. The quantitative estimate of drug-likeness (QED) is 0.748.